The number of hydrogen-bond donors (Lipinski definition) is 0. The molecule has 2 nitrogen and oxygen atoms in total. The van der Waals surface area contributed by atoms with Crippen molar-refractivity contribution in [2.24, 2.45) is 0 Å². The maximum absolute atomic E-state index is 10.2. The molecule has 1 rings (SSSR count). The topological polar surface area (TPSA) is 40.9 Å². The maximum Gasteiger partial charge on any atom is 0.124 e. The van der Waals surface area contributed by atoms with E-state index in [4.69, 9.17) is 5.26 Å². The van der Waals surface area contributed by atoms with Crippen molar-refractivity contribution in [2.75, 3.05) is 0 Å². The number of rotatable bonds is 2. The lowest BCUT2D eigenvalue weighted by Gasteiger charge is -2.00. The molecule has 0 heterocycles. The number of aryl methyl sites for hydroxylation is 1. The average Bonchev–Trinajstić information content (AvgIpc) is 2.09. The van der Waals surface area contributed by atoms with E-state index in [9.17, 15) is 4.79 Å². The average molecular weight is 159 g/mol. The molecule has 60 valence electrons. The van der Waals surface area contributed by atoms with Crippen molar-refractivity contribution in [2.45, 2.75) is 13.3 Å². The van der Waals surface area contributed by atoms with Gasteiger partial charge in [-0.05, 0) is 30.2 Å². The Morgan fingerprint density at radius 3 is 2.83 bits per heavy atom. The van der Waals surface area contributed by atoms with Gasteiger partial charge in [0.05, 0.1) is 11.6 Å². The highest BCUT2D eigenvalue weighted by atomic mass is 16.1. The van der Waals surface area contributed by atoms with E-state index in [1.165, 1.54) is 0 Å². The number of nitrogens with zero attached hydrogens (tertiary/aromatic N) is 1. The first kappa shape index (κ1) is 8.48. The molecule has 0 unspecified atom stereocenters. The third-order valence-electron chi connectivity index (χ3n) is 1.77. The Morgan fingerprint density at radius 2 is 2.33 bits per heavy atom. The SMILES string of the molecule is Cc1cc(C#N)ccc1CC=O. The summed E-state index contributed by atoms with van der Waals surface area (Å²) in [6.07, 6.45) is 1.30. The molecule has 0 fully saturated rings. The van der Waals surface area contributed by atoms with Gasteiger partial charge in [-0.3, -0.25) is 0 Å². The monoisotopic (exact) mass is 159 g/mol. The number of carbonyl (C=O) groups is 1. The van der Waals surface area contributed by atoms with Crippen molar-refractivity contribution in [3.05, 3.63) is 34.9 Å². The second-order valence-electron chi connectivity index (χ2n) is 2.62. The standard InChI is InChI=1S/C10H9NO/c1-8-6-9(7-11)2-3-10(8)4-5-12/h2-3,5-6H,4H2,1H3. The van der Waals surface area contributed by atoms with Gasteiger partial charge in [0.1, 0.15) is 6.29 Å². The number of aldehydes is 1. The molecular formula is C10H9NO. The first-order valence-electron chi connectivity index (χ1n) is 3.71. The Labute approximate surface area is 71.4 Å². The van der Waals surface area contributed by atoms with E-state index in [-0.39, 0.29) is 0 Å². The van der Waals surface area contributed by atoms with Gasteiger partial charge in [-0.2, -0.15) is 5.26 Å². The van der Waals surface area contributed by atoms with Gasteiger partial charge >= 0.3 is 0 Å². The predicted molar refractivity (Wildman–Crippen MR) is 45.7 cm³/mol. The summed E-state index contributed by atoms with van der Waals surface area (Å²) in [6.45, 7) is 1.90. The van der Waals surface area contributed by atoms with Crippen molar-refractivity contribution in [1.29, 1.82) is 5.26 Å². The van der Waals surface area contributed by atoms with E-state index in [2.05, 4.69) is 0 Å². The minimum atomic E-state index is 0.428. The maximum atomic E-state index is 10.2. The number of hydrogen-bond acceptors (Lipinski definition) is 2. The lowest BCUT2D eigenvalue weighted by molar-refractivity contribution is -0.107. The second kappa shape index (κ2) is 3.68. The molecule has 2 heteroatoms. The minimum Gasteiger partial charge on any atom is -0.303 e. The van der Waals surface area contributed by atoms with Crippen molar-refractivity contribution in [3.63, 3.8) is 0 Å². The summed E-state index contributed by atoms with van der Waals surface area (Å²) in [7, 11) is 0. The van der Waals surface area contributed by atoms with Crippen molar-refractivity contribution in [3.8, 4) is 6.07 Å². The lowest BCUT2D eigenvalue weighted by atomic mass is 10.0. The van der Waals surface area contributed by atoms with E-state index in [0.717, 1.165) is 17.4 Å². The summed E-state index contributed by atoms with van der Waals surface area (Å²) in [5.74, 6) is 0. The molecule has 0 radical (unpaired) electrons. The van der Waals surface area contributed by atoms with Crippen LogP contribution in [-0.2, 0) is 11.2 Å². The quantitative estimate of drug-likeness (QED) is 0.615. The van der Waals surface area contributed by atoms with Crippen molar-refractivity contribution < 1.29 is 4.79 Å². The fourth-order valence-corrected chi connectivity index (χ4v) is 1.08. The van der Waals surface area contributed by atoms with Gasteiger partial charge in [-0.25, -0.2) is 0 Å². The fourth-order valence-electron chi connectivity index (χ4n) is 1.08. The van der Waals surface area contributed by atoms with E-state index in [1.807, 2.05) is 19.1 Å². The minimum absolute atomic E-state index is 0.428. The van der Waals surface area contributed by atoms with Gasteiger partial charge in [0.15, 0.2) is 0 Å². The van der Waals surface area contributed by atoms with E-state index in [0.29, 0.717) is 12.0 Å². The van der Waals surface area contributed by atoms with Crippen LogP contribution in [0.25, 0.3) is 0 Å². The summed E-state index contributed by atoms with van der Waals surface area (Å²) in [4.78, 5) is 10.2. The third-order valence-corrected chi connectivity index (χ3v) is 1.77. The van der Waals surface area contributed by atoms with Crippen LogP contribution >= 0.6 is 0 Å². The number of nitriles is 1. The highest BCUT2D eigenvalue weighted by Crippen LogP contribution is 2.09. The van der Waals surface area contributed by atoms with Gasteiger partial charge in [-0.15, -0.1) is 0 Å². The predicted octanol–water partition coefficient (Wildman–Crippen LogP) is 1.61. The highest BCUT2D eigenvalue weighted by Gasteiger charge is 1.97. The highest BCUT2D eigenvalue weighted by molar-refractivity contribution is 5.56. The molecule has 0 saturated heterocycles. The smallest absolute Gasteiger partial charge is 0.124 e. The Balaban J connectivity index is 3.04. The van der Waals surface area contributed by atoms with Crippen LogP contribution in [0.2, 0.25) is 0 Å². The molecule has 0 bridgehead atoms. The molecular weight excluding hydrogens is 150 g/mol. The largest absolute Gasteiger partial charge is 0.303 e. The summed E-state index contributed by atoms with van der Waals surface area (Å²) in [5.41, 5.74) is 2.63. The third kappa shape index (κ3) is 1.70. The molecule has 0 aromatic heterocycles. The normalized spacial score (nSPS) is 9.00. The Hall–Kier alpha value is -1.62. The van der Waals surface area contributed by atoms with Crippen LogP contribution < -0.4 is 0 Å². The molecule has 0 N–H and O–H groups in total. The number of benzene rings is 1. The lowest BCUT2D eigenvalue weighted by Crippen LogP contribution is -1.90. The van der Waals surface area contributed by atoms with E-state index in [1.54, 1.807) is 12.1 Å². The van der Waals surface area contributed by atoms with Crippen LogP contribution in [0.3, 0.4) is 0 Å². The zero-order valence-electron chi connectivity index (χ0n) is 6.87. The summed E-state index contributed by atoms with van der Waals surface area (Å²) in [6, 6.07) is 7.39. The van der Waals surface area contributed by atoms with Gasteiger partial charge in [-0.1, -0.05) is 6.07 Å². The molecule has 1 aromatic carbocycles. The van der Waals surface area contributed by atoms with Crippen molar-refractivity contribution in [1.82, 2.24) is 0 Å². The van der Waals surface area contributed by atoms with E-state index < -0.39 is 0 Å². The van der Waals surface area contributed by atoms with Crippen LogP contribution in [0.4, 0.5) is 0 Å². The molecule has 0 spiro atoms. The Morgan fingerprint density at radius 1 is 1.58 bits per heavy atom. The molecule has 0 saturated carbocycles. The second-order valence-corrected chi connectivity index (χ2v) is 2.62. The molecule has 0 aliphatic heterocycles. The van der Waals surface area contributed by atoms with E-state index >= 15 is 0 Å². The summed E-state index contributed by atoms with van der Waals surface area (Å²) in [5, 5.41) is 8.56. The molecule has 0 atom stereocenters. The summed E-state index contributed by atoms with van der Waals surface area (Å²) < 4.78 is 0. The molecule has 1 aromatic rings. The van der Waals surface area contributed by atoms with Gasteiger partial charge < -0.3 is 4.79 Å². The van der Waals surface area contributed by atoms with Crippen LogP contribution in [0.5, 0.6) is 0 Å². The zero-order valence-corrected chi connectivity index (χ0v) is 6.87. The molecule has 0 aliphatic rings. The Kier molecular flexibility index (Phi) is 2.60. The first-order valence-corrected chi connectivity index (χ1v) is 3.71. The molecule has 12 heavy (non-hydrogen) atoms. The van der Waals surface area contributed by atoms with Crippen molar-refractivity contribution >= 4 is 6.29 Å². The molecule has 0 amide bonds. The number of carbonyl (C=O) groups excluding carboxylic acids is 1. The van der Waals surface area contributed by atoms with Crippen LogP contribution in [0, 0.1) is 18.3 Å². The zero-order chi connectivity index (χ0) is 8.97. The van der Waals surface area contributed by atoms with Crippen LogP contribution in [-0.4, -0.2) is 6.29 Å². The summed E-state index contributed by atoms with van der Waals surface area (Å²) >= 11 is 0. The van der Waals surface area contributed by atoms with Crippen LogP contribution in [0.15, 0.2) is 18.2 Å². The van der Waals surface area contributed by atoms with Gasteiger partial charge in [0.25, 0.3) is 0 Å². The van der Waals surface area contributed by atoms with Gasteiger partial charge in [0, 0.05) is 6.42 Å². The first-order chi connectivity index (χ1) is 5.77. The van der Waals surface area contributed by atoms with Crippen LogP contribution in [0.1, 0.15) is 16.7 Å². The Bertz CT molecular complexity index is 336. The van der Waals surface area contributed by atoms with Gasteiger partial charge in [0.2, 0.25) is 0 Å². The fraction of sp³-hybridized carbons (Fsp3) is 0.200. The molecule has 0 aliphatic carbocycles.